The molecule has 0 saturated heterocycles. The largest absolute Gasteiger partial charge is 0.388 e. The summed E-state index contributed by atoms with van der Waals surface area (Å²) in [6.07, 6.45) is 3.50. The third-order valence-corrected chi connectivity index (χ3v) is 4.90. The lowest BCUT2D eigenvalue weighted by Gasteiger charge is -2.14. The van der Waals surface area contributed by atoms with Gasteiger partial charge in [0.2, 0.25) is 5.90 Å². The highest BCUT2D eigenvalue weighted by Crippen LogP contribution is 2.23. The first-order valence-corrected chi connectivity index (χ1v) is 8.90. The molecule has 0 atom stereocenters. The molecule has 1 aliphatic heterocycles. The van der Waals surface area contributed by atoms with Crippen molar-refractivity contribution in [3.05, 3.63) is 69.8 Å². The number of H-pyrrole nitrogens is 1. The van der Waals surface area contributed by atoms with Crippen molar-refractivity contribution in [3.8, 4) is 0 Å². The second kappa shape index (κ2) is 7.08. The van der Waals surface area contributed by atoms with E-state index in [4.69, 9.17) is 28.0 Å². The third-order valence-electron chi connectivity index (χ3n) is 4.30. The number of hydrogen-bond donors (Lipinski definition) is 1. The summed E-state index contributed by atoms with van der Waals surface area (Å²) in [5.74, 6) is 0.704. The number of nitrogens with one attached hydrogen (secondary N) is 1. The lowest BCUT2D eigenvalue weighted by molar-refractivity contribution is -0.0492. The Hall–Kier alpha value is -2.01. The van der Waals surface area contributed by atoms with Gasteiger partial charge in [-0.15, -0.1) is 5.06 Å². The number of aliphatic imine (C=N–C) groups is 1. The van der Waals surface area contributed by atoms with Crippen LogP contribution < -0.4 is 0 Å². The lowest BCUT2D eigenvalue weighted by Crippen LogP contribution is -2.24. The molecule has 128 valence electrons. The van der Waals surface area contributed by atoms with Crippen LogP contribution in [0, 0.1) is 0 Å². The topological polar surface area (TPSA) is 40.6 Å². The second-order valence-electron chi connectivity index (χ2n) is 6.01. The Labute approximate surface area is 156 Å². The van der Waals surface area contributed by atoms with E-state index in [0.29, 0.717) is 19.0 Å². The van der Waals surface area contributed by atoms with Crippen LogP contribution in [0.1, 0.15) is 11.1 Å². The summed E-state index contributed by atoms with van der Waals surface area (Å²) in [4.78, 5) is 13.6. The molecule has 0 spiro atoms. The molecule has 0 radical (unpaired) electrons. The van der Waals surface area contributed by atoms with Crippen LogP contribution in [0.5, 0.6) is 0 Å². The van der Waals surface area contributed by atoms with Crippen LogP contribution in [-0.4, -0.2) is 29.2 Å². The summed E-state index contributed by atoms with van der Waals surface area (Å²) in [5.41, 5.74) is 3.34. The molecule has 0 fully saturated rings. The number of hydrogen-bond acceptors (Lipinski definition) is 3. The summed E-state index contributed by atoms with van der Waals surface area (Å²) in [6.45, 7) is 1.30. The molecule has 2 aromatic carbocycles. The Morgan fingerprint density at radius 1 is 1.12 bits per heavy atom. The quantitative estimate of drug-likeness (QED) is 0.693. The summed E-state index contributed by atoms with van der Waals surface area (Å²) < 4.78 is 0. The first-order chi connectivity index (χ1) is 12.2. The van der Waals surface area contributed by atoms with Crippen molar-refractivity contribution >= 4 is 40.0 Å². The van der Waals surface area contributed by atoms with Crippen molar-refractivity contribution in [2.75, 3.05) is 13.2 Å². The van der Waals surface area contributed by atoms with E-state index < -0.39 is 0 Å². The van der Waals surface area contributed by atoms with Crippen molar-refractivity contribution < 1.29 is 4.84 Å². The monoisotopic (exact) mass is 373 g/mol. The molecular weight excluding hydrogens is 357 g/mol. The number of hydroxylamine groups is 2. The van der Waals surface area contributed by atoms with E-state index in [1.54, 1.807) is 0 Å². The van der Waals surface area contributed by atoms with Crippen LogP contribution >= 0.6 is 23.2 Å². The van der Waals surface area contributed by atoms with Gasteiger partial charge in [-0.3, -0.25) is 0 Å². The van der Waals surface area contributed by atoms with Gasteiger partial charge in [-0.1, -0.05) is 41.4 Å². The molecule has 0 unspecified atom stereocenters. The van der Waals surface area contributed by atoms with Gasteiger partial charge in [0.15, 0.2) is 0 Å². The van der Waals surface area contributed by atoms with E-state index in [1.165, 1.54) is 5.56 Å². The summed E-state index contributed by atoms with van der Waals surface area (Å²) in [6, 6.07) is 13.6. The Bertz CT molecular complexity index is 935. The van der Waals surface area contributed by atoms with Crippen molar-refractivity contribution in [3.63, 3.8) is 0 Å². The van der Waals surface area contributed by atoms with Gasteiger partial charge in [-0.05, 0) is 41.8 Å². The first-order valence-electron chi connectivity index (χ1n) is 8.14. The van der Waals surface area contributed by atoms with Gasteiger partial charge in [0.05, 0.1) is 6.42 Å². The van der Waals surface area contributed by atoms with Gasteiger partial charge in [0, 0.05) is 33.7 Å². The molecule has 25 heavy (non-hydrogen) atoms. The van der Waals surface area contributed by atoms with Crippen molar-refractivity contribution in [1.82, 2.24) is 10.0 Å². The van der Waals surface area contributed by atoms with Gasteiger partial charge in [-0.2, -0.15) is 0 Å². The van der Waals surface area contributed by atoms with Gasteiger partial charge in [0.1, 0.15) is 6.67 Å². The van der Waals surface area contributed by atoms with E-state index in [1.807, 2.05) is 53.7 Å². The van der Waals surface area contributed by atoms with Crippen molar-refractivity contribution in [2.24, 2.45) is 4.99 Å². The minimum absolute atomic E-state index is 0.545. The zero-order valence-corrected chi connectivity index (χ0v) is 15.0. The van der Waals surface area contributed by atoms with Crippen LogP contribution in [0.3, 0.4) is 0 Å². The fourth-order valence-corrected chi connectivity index (χ4v) is 3.35. The van der Waals surface area contributed by atoms with Crippen LogP contribution in [0.2, 0.25) is 10.0 Å². The Kier molecular flexibility index (Phi) is 4.66. The fourth-order valence-electron chi connectivity index (χ4n) is 2.98. The van der Waals surface area contributed by atoms with Crippen LogP contribution in [0.4, 0.5) is 0 Å². The average Bonchev–Trinajstić information content (AvgIpc) is 3.21. The molecule has 4 rings (SSSR count). The molecule has 0 aliphatic carbocycles. The minimum atomic E-state index is 0.545. The minimum Gasteiger partial charge on any atom is -0.388 e. The van der Waals surface area contributed by atoms with Crippen molar-refractivity contribution in [1.29, 1.82) is 0 Å². The molecular formula is C19H17Cl2N3O. The smallest absolute Gasteiger partial charge is 0.215 e. The SMILES string of the molecule is Clc1ccc2[nH]cc(CCN3CN=C(Cc4ccccc4Cl)O3)c2c1. The maximum absolute atomic E-state index is 6.20. The van der Waals surface area contributed by atoms with E-state index in [-0.39, 0.29) is 0 Å². The average molecular weight is 374 g/mol. The highest BCUT2D eigenvalue weighted by atomic mass is 35.5. The first kappa shape index (κ1) is 16.5. The molecule has 2 heterocycles. The maximum atomic E-state index is 6.20. The Morgan fingerprint density at radius 3 is 2.88 bits per heavy atom. The van der Waals surface area contributed by atoms with Gasteiger partial charge >= 0.3 is 0 Å². The van der Waals surface area contributed by atoms with Gasteiger partial charge in [0.25, 0.3) is 0 Å². The molecule has 4 nitrogen and oxygen atoms in total. The zero-order valence-electron chi connectivity index (χ0n) is 13.5. The molecule has 3 aromatic rings. The third kappa shape index (κ3) is 3.66. The number of aromatic nitrogens is 1. The number of halogens is 2. The highest BCUT2D eigenvalue weighted by molar-refractivity contribution is 6.31. The standard InChI is InChI=1S/C19H17Cl2N3O/c20-15-5-6-18-16(10-15)14(11-22-18)7-8-24-12-23-19(25-24)9-13-3-1-2-4-17(13)21/h1-6,10-11,22H,7-9,12H2. The molecule has 1 aromatic heterocycles. The normalized spacial score (nSPS) is 14.7. The number of aromatic amines is 1. The van der Waals surface area contributed by atoms with Crippen molar-refractivity contribution in [2.45, 2.75) is 12.8 Å². The summed E-state index contributed by atoms with van der Waals surface area (Å²) in [5, 5.41) is 4.51. The Balaban J connectivity index is 1.36. The fraction of sp³-hybridized carbons (Fsp3) is 0.211. The summed E-state index contributed by atoms with van der Waals surface area (Å²) >= 11 is 12.3. The van der Waals surface area contributed by atoms with E-state index in [9.17, 15) is 0 Å². The number of benzene rings is 2. The molecule has 1 aliphatic rings. The number of nitrogens with zero attached hydrogens (tertiary/aromatic N) is 2. The van der Waals surface area contributed by atoms with Crippen LogP contribution in [0.15, 0.2) is 53.7 Å². The predicted octanol–water partition coefficient (Wildman–Crippen LogP) is 4.86. The predicted molar refractivity (Wildman–Crippen MR) is 102 cm³/mol. The molecule has 6 heteroatoms. The summed E-state index contributed by atoms with van der Waals surface area (Å²) in [7, 11) is 0. The van der Waals surface area contributed by atoms with Gasteiger partial charge in [-0.25, -0.2) is 4.99 Å². The number of rotatable bonds is 5. The molecule has 1 N–H and O–H groups in total. The lowest BCUT2D eigenvalue weighted by atomic mass is 10.1. The van der Waals surface area contributed by atoms with Crippen LogP contribution in [-0.2, 0) is 17.7 Å². The van der Waals surface area contributed by atoms with Gasteiger partial charge < -0.3 is 9.82 Å². The molecule has 0 amide bonds. The van der Waals surface area contributed by atoms with Crippen LogP contribution in [0.25, 0.3) is 10.9 Å². The highest BCUT2D eigenvalue weighted by Gasteiger charge is 2.19. The maximum Gasteiger partial charge on any atom is 0.215 e. The second-order valence-corrected chi connectivity index (χ2v) is 6.86. The van der Waals surface area contributed by atoms with E-state index >= 15 is 0 Å². The molecule has 0 saturated carbocycles. The Morgan fingerprint density at radius 2 is 2.00 bits per heavy atom. The zero-order chi connectivity index (χ0) is 17.2. The van der Waals surface area contributed by atoms with E-state index in [0.717, 1.165) is 39.5 Å². The molecule has 0 bridgehead atoms. The number of fused-ring (bicyclic) bond motifs is 1. The van der Waals surface area contributed by atoms with E-state index in [2.05, 4.69) is 9.98 Å².